The fourth-order valence-corrected chi connectivity index (χ4v) is 3.68. The third-order valence-electron chi connectivity index (χ3n) is 5.06. The minimum atomic E-state index is -0.495. The molecule has 1 fully saturated rings. The first kappa shape index (κ1) is 16.4. The van der Waals surface area contributed by atoms with E-state index in [1.165, 1.54) is 11.8 Å². The van der Waals surface area contributed by atoms with Gasteiger partial charge in [-0.3, -0.25) is 24.3 Å². The molecule has 3 heterocycles. The van der Waals surface area contributed by atoms with Gasteiger partial charge in [0.2, 0.25) is 5.91 Å². The van der Waals surface area contributed by atoms with Crippen molar-refractivity contribution in [2.45, 2.75) is 25.8 Å². The average molecular weight is 349 g/mol. The molecule has 2 aromatic rings. The number of carbonyl (C=O) groups is 3. The van der Waals surface area contributed by atoms with E-state index in [0.29, 0.717) is 6.54 Å². The number of aryl methyl sites for hydroxylation is 1. The Morgan fingerprint density at radius 2 is 1.92 bits per heavy atom. The van der Waals surface area contributed by atoms with E-state index in [1.54, 1.807) is 17.0 Å². The Morgan fingerprint density at radius 1 is 1.15 bits per heavy atom. The lowest BCUT2D eigenvalue weighted by Crippen LogP contribution is -2.42. The van der Waals surface area contributed by atoms with Gasteiger partial charge in [0.05, 0.1) is 11.6 Å². The largest absolute Gasteiger partial charge is 0.334 e. The SMILES string of the molecule is Cc1ccc([C@H]2CCCN2C(=O)CN2C(=O)c3cccnc3C2=O)cc1. The lowest BCUT2D eigenvalue weighted by Gasteiger charge is -2.27. The van der Waals surface area contributed by atoms with Gasteiger partial charge in [-0.15, -0.1) is 0 Å². The first-order chi connectivity index (χ1) is 12.6. The third kappa shape index (κ3) is 2.67. The molecule has 1 aromatic heterocycles. The summed E-state index contributed by atoms with van der Waals surface area (Å²) in [6, 6.07) is 11.3. The number of carbonyl (C=O) groups excluding carboxylic acids is 3. The fourth-order valence-electron chi connectivity index (χ4n) is 3.68. The van der Waals surface area contributed by atoms with Gasteiger partial charge in [-0.1, -0.05) is 29.8 Å². The van der Waals surface area contributed by atoms with Crippen molar-refractivity contribution in [3.63, 3.8) is 0 Å². The van der Waals surface area contributed by atoms with Crippen molar-refractivity contribution in [3.05, 3.63) is 65.0 Å². The Bertz CT molecular complexity index is 856. The van der Waals surface area contributed by atoms with E-state index >= 15 is 0 Å². The van der Waals surface area contributed by atoms with Crippen molar-refractivity contribution in [1.29, 1.82) is 0 Å². The maximum absolute atomic E-state index is 12.9. The Labute approximate surface area is 151 Å². The topological polar surface area (TPSA) is 70.6 Å². The van der Waals surface area contributed by atoms with Crippen molar-refractivity contribution < 1.29 is 14.4 Å². The maximum atomic E-state index is 12.9. The number of fused-ring (bicyclic) bond motifs is 1. The van der Waals surface area contributed by atoms with E-state index in [9.17, 15) is 14.4 Å². The Hall–Kier alpha value is -3.02. The summed E-state index contributed by atoms with van der Waals surface area (Å²) in [5, 5.41) is 0. The number of likely N-dealkylation sites (tertiary alicyclic amines) is 1. The van der Waals surface area contributed by atoms with E-state index in [4.69, 9.17) is 0 Å². The van der Waals surface area contributed by atoms with Crippen LogP contribution in [0.5, 0.6) is 0 Å². The number of aromatic nitrogens is 1. The summed E-state index contributed by atoms with van der Waals surface area (Å²) >= 11 is 0. The highest BCUT2D eigenvalue weighted by Gasteiger charge is 2.40. The van der Waals surface area contributed by atoms with Gasteiger partial charge < -0.3 is 4.90 Å². The molecule has 6 nitrogen and oxygen atoms in total. The number of amides is 3. The van der Waals surface area contributed by atoms with Gasteiger partial charge in [0.15, 0.2) is 0 Å². The molecule has 0 spiro atoms. The number of nitrogens with zero attached hydrogens (tertiary/aromatic N) is 3. The van der Waals surface area contributed by atoms with Gasteiger partial charge in [0.1, 0.15) is 12.2 Å². The van der Waals surface area contributed by atoms with E-state index in [1.807, 2.05) is 31.2 Å². The zero-order chi connectivity index (χ0) is 18.3. The molecule has 0 saturated carbocycles. The number of imide groups is 1. The summed E-state index contributed by atoms with van der Waals surface area (Å²) in [7, 11) is 0. The molecule has 1 aromatic carbocycles. The zero-order valence-corrected chi connectivity index (χ0v) is 14.5. The first-order valence-corrected chi connectivity index (χ1v) is 8.73. The summed E-state index contributed by atoms with van der Waals surface area (Å²) in [6.45, 7) is 2.42. The smallest absolute Gasteiger partial charge is 0.280 e. The standard InChI is InChI=1S/C20H19N3O3/c1-13-6-8-14(9-7-13)16-5-3-11-22(16)17(24)12-23-19(25)15-4-2-10-21-18(15)20(23)26/h2,4,6-10,16H,3,5,11-12H2,1H3/t16-/m1/s1. The van der Waals surface area contributed by atoms with E-state index in [2.05, 4.69) is 4.98 Å². The molecular formula is C20H19N3O3. The second-order valence-corrected chi connectivity index (χ2v) is 6.75. The molecule has 26 heavy (non-hydrogen) atoms. The van der Waals surface area contributed by atoms with Crippen molar-refractivity contribution in [1.82, 2.24) is 14.8 Å². The minimum absolute atomic E-state index is 0.00333. The van der Waals surface area contributed by atoms with Gasteiger partial charge in [-0.05, 0) is 37.5 Å². The van der Waals surface area contributed by atoms with E-state index < -0.39 is 11.8 Å². The second kappa shape index (κ2) is 6.37. The van der Waals surface area contributed by atoms with Crippen LogP contribution in [0.2, 0.25) is 0 Å². The van der Waals surface area contributed by atoms with Crippen LogP contribution in [0.3, 0.4) is 0 Å². The first-order valence-electron chi connectivity index (χ1n) is 8.73. The van der Waals surface area contributed by atoms with Gasteiger partial charge in [0.25, 0.3) is 11.8 Å². The molecule has 2 aliphatic rings. The van der Waals surface area contributed by atoms with Crippen LogP contribution in [0.25, 0.3) is 0 Å². The highest BCUT2D eigenvalue weighted by molar-refractivity contribution is 6.21. The quantitative estimate of drug-likeness (QED) is 0.798. The number of pyridine rings is 1. The van der Waals surface area contributed by atoms with Gasteiger partial charge in [-0.25, -0.2) is 0 Å². The summed E-state index contributed by atoms with van der Waals surface area (Å²) in [4.78, 5) is 44.5. The van der Waals surface area contributed by atoms with Crippen molar-refractivity contribution in [3.8, 4) is 0 Å². The molecule has 0 N–H and O–H groups in total. The van der Waals surface area contributed by atoms with E-state index in [0.717, 1.165) is 23.3 Å². The molecular weight excluding hydrogens is 330 g/mol. The maximum Gasteiger partial charge on any atom is 0.280 e. The summed E-state index contributed by atoms with van der Waals surface area (Å²) < 4.78 is 0. The molecule has 0 bridgehead atoms. The Balaban J connectivity index is 1.52. The van der Waals surface area contributed by atoms with Crippen molar-refractivity contribution in [2.24, 2.45) is 0 Å². The molecule has 2 aliphatic heterocycles. The Kier molecular flexibility index (Phi) is 4.03. The summed E-state index contributed by atoms with van der Waals surface area (Å²) in [5.74, 6) is -1.15. The van der Waals surface area contributed by atoms with Gasteiger partial charge in [0, 0.05) is 12.7 Å². The number of hydrogen-bond donors (Lipinski definition) is 0. The lowest BCUT2D eigenvalue weighted by molar-refractivity contribution is -0.132. The molecule has 0 radical (unpaired) electrons. The molecule has 3 amide bonds. The average Bonchev–Trinajstić information content (AvgIpc) is 3.23. The van der Waals surface area contributed by atoms with Crippen LogP contribution >= 0.6 is 0 Å². The summed E-state index contributed by atoms with van der Waals surface area (Å²) in [6.07, 6.45) is 3.27. The van der Waals surface area contributed by atoms with Crippen LogP contribution in [-0.2, 0) is 4.79 Å². The van der Waals surface area contributed by atoms with Crippen LogP contribution in [-0.4, -0.2) is 45.6 Å². The molecule has 1 saturated heterocycles. The third-order valence-corrected chi connectivity index (χ3v) is 5.06. The Morgan fingerprint density at radius 3 is 2.65 bits per heavy atom. The van der Waals surface area contributed by atoms with Crippen LogP contribution in [0.4, 0.5) is 0 Å². The number of rotatable bonds is 3. The van der Waals surface area contributed by atoms with E-state index in [-0.39, 0.29) is 29.8 Å². The van der Waals surface area contributed by atoms with Crippen molar-refractivity contribution in [2.75, 3.05) is 13.1 Å². The van der Waals surface area contributed by atoms with Gasteiger partial charge in [-0.2, -0.15) is 0 Å². The fraction of sp³-hybridized carbons (Fsp3) is 0.300. The molecule has 4 rings (SSSR count). The van der Waals surface area contributed by atoms with Crippen LogP contribution < -0.4 is 0 Å². The monoisotopic (exact) mass is 349 g/mol. The minimum Gasteiger partial charge on any atom is -0.334 e. The lowest BCUT2D eigenvalue weighted by atomic mass is 10.0. The highest BCUT2D eigenvalue weighted by atomic mass is 16.2. The van der Waals surface area contributed by atoms with Crippen molar-refractivity contribution >= 4 is 17.7 Å². The predicted molar refractivity (Wildman–Crippen MR) is 94.5 cm³/mol. The zero-order valence-electron chi connectivity index (χ0n) is 14.5. The van der Waals surface area contributed by atoms with Crippen LogP contribution in [0.1, 0.15) is 50.9 Å². The molecule has 0 aliphatic carbocycles. The highest BCUT2D eigenvalue weighted by Crippen LogP contribution is 2.32. The second-order valence-electron chi connectivity index (χ2n) is 6.75. The molecule has 132 valence electrons. The molecule has 0 unspecified atom stereocenters. The molecule has 6 heteroatoms. The van der Waals surface area contributed by atoms with Crippen LogP contribution in [0.15, 0.2) is 42.6 Å². The summed E-state index contributed by atoms with van der Waals surface area (Å²) in [5.41, 5.74) is 2.65. The number of hydrogen-bond acceptors (Lipinski definition) is 4. The number of benzene rings is 1. The molecule has 1 atom stereocenters. The predicted octanol–water partition coefficient (Wildman–Crippen LogP) is 2.35. The van der Waals surface area contributed by atoms with Crippen LogP contribution in [0, 0.1) is 6.92 Å². The normalized spacial score (nSPS) is 19.2. The van der Waals surface area contributed by atoms with Gasteiger partial charge >= 0.3 is 0 Å².